The smallest absolute Gasteiger partial charge is 0.307 e. The van der Waals surface area contributed by atoms with Gasteiger partial charge in [-0.15, -0.1) is 0 Å². The van der Waals surface area contributed by atoms with Gasteiger partial charge < -0.3 is 5.11 Å². The van der Waals surface area contributed by atoms with Crippen molar-refractivity contribution < 1.29 is 9.90 Å². The first-order chi connectivity index (χ1) is 7.72. The molecule has 1 N–H and O–H groups in total. The average Bonchev–Trinajstić information content (AvgIpc) is 2.83. The van der Waals surface area contributed by atoms with E-state index in [0.29, 0.717) is 0 Å². The Morgan fingerprint density at radius 2 is 2.44 bits per heavy atom. The third kappa shape index (κ3) is 2.10. The number of carboxylic acid groups (broad SMARTS) is 1. The molecule has 4 nitrogen and oxygen atoms in total. The van der Waals surface area contributed by atoms with Gasteiger partial charge in [0.15, 0.2) is 0 Å². The van der Waals surface area contributed by atoms with E-state index < -0.39 is 5.97 Å². The highest BCUT2D eigenvalue weighted by atomic mass is 16.4. The lowest BCUT2D eigenvalue weighted by Gasteiger charge is -2.13. The Hall–Kier alpha value is -1.32. The second-order valence-electron chi connectivity index (χ2n) is 4.52. The molecule has 1 aliphatic carbocycles. The Bertz CT molecular complexity index is 373. The van der Waals surface area contributed by atoms with E-state index in [1.807, 2.05) is 17.1 Å². The number of hydrogen-bond donors (Lipinski definition) is 1. The molecule has 1 aromatic rings. The summed E-state index contributed by atoms with van der Waals surface area (Å²) >= 11 is 0. The van der Waals surface area contributed by atoms with Gasteiger partial charge >= 0.3 is 5.97 Å². The standard InChI is InChI=1S/C12H18N2O2/c1-2-6-14-8-9(7-13-14)10-4-3-5-11(10)12(15)16/h7-8,10-11H,2-6H2,1H3,(H,15,16). The molecule has 2 unspecified atom stereocenters. The fourth-order valence-corrected chi connectivity index (χ4v) is 2.58. The molecule has 0 aliphatic heterocycles. The van der Waals surface area contributed by atoms with Crippen LogP contribution in [0.1, 0.15) is 44.1 Å². The number of aryl methyl sites for hydroxylation is 1. The fraction of sp³-hybridized carbons (Fsp3) is 0.667. The molecule has 2 atom stereocenters. The molecule has 88 valence electrons. The Morgan fingerprint density at radius 3 is 3.12 bits per heavy atom. The number of rotatable bonds is 4. The van der Waals surface area contributed by atoms with Crippen molar-refractivity contribution in [3.8, 4) is 0 Å². The summed E-state index contributed by atoms with van der Waals surface area (Å²) in [4.78, 5) is 11.1. The molecule has 1 aromatic heterocycles. The predicted molar refractivity (Wildman–Crippen MR) is 60.2 cm³/mol. The van der Waals surface area contributed by atoms with Crippen LogP contribution in [0, 0.1) is 5.92 Å². The molecule has 0 amide bonds. The number of aliphatic carboxylic acids is 1. The van der Waals surface area contributed by atoms with Crippen LogP contribution in [0.4, 0.5) is 0 Å². The van der Waals surface area contributed by atoms with E-state index in [0.717, 1.165) is 37.8 Å². The van der Waals surface area contributed by atoms with Crippen molar-refractivity contribution in [1.82, 2.24) is 9.78 Å². The topological polar surface area (TPSA) is 55.1 Å². The minimum absolute atomic E-state index is 0.170. The van der Waals surface area contributed by atoms with Gasteiger partial charge in [0.1, 0.15) is 0 Å². The molecule has 0 radical (unpaired) electrons. The lowest BCUT2D eigenvalue weighted by molar-refractivity contribution is -0.142. The summed E-state index contributed by atoms with van der Waals surface area (Å²) in [6.07, 6.45) is 7.69. The van der Waals surface area contributed by atoms with Crippen LogP contribution in [0.25, 0.3) is 0 Å². The fourth-order valence-electron chi connectivity index (χ4n) is 2.58. The Kier molecular flexibility index (Phi) is 3.27. The molecule has 0 spiro atoms. The monoisotopic (exact) mass is 222 g/mol. The SMILES string of the molecule is CCCn1cc(C2CCCC2C(=O)O)cn1. The summed E-state index contributed by atoms with van der Waals surface area (Å²) in [6.45, 7) is 3.02. The minimum Gasteiger partial charge on any atom is -0.481 e. The summed E-state index contributed by atoms with van der Waals surface area (Å²) < 4.78 is 1.91. The number of nitrogens with zero attached hydrogens (tertiary/aromatic N) is 2. The van der Waals surface area contributed by atoms with Gasteiger partial charge in [-0.3, -0.25) is 9.48 Å². The van der Waals surface area contributed by atoms with Crippen LogP contribution >= 0.6 is 0 Å². The van der Waals surface area contributed by atoms with Gasteiger partial charge in [0.05, 0.1) is 12.1 Å². The average molecular weight is 222 g/mol. The molecule has 1 heterocycles. The molecular formula is C12H18N2O2. The molecule has 0 saturated heterocycles. The van der Waals surface area contributed by atoms with Crippen molar-refractivity contribution in [1.29, 1.82) is 0 Å². The minimum atomic E-state index is -0.661. The second kappa shape index (κ2) is 4.68. The molecule has 4 heteroatoms. The zero-order valence-electron chi connectivity index (χ0n) is 9.59. The predicted octanol–water partition coefficient (Wildman–Crippen LogP) is 2.26. The molecule has 16 heavy (non-hydrogen) atoms. The van der Waals surface area contributed by atoms with E-state index in [4.69, 9.17) is 5.11 Å². The van der Waals surface area contributed by atoms with Crippen LogP contribution in [0.3, 0.4) is 0 Å². The molecule has 1 fully saturated rings. The first kappa shape index (κ1) is 11.2. The maximum atomic E-state index is 11.1. The molecule has 0 aromatic carbocycles. The Morgan fingerprint density at radius 1 is 1.62 bits per heavy atom. The van der Waals surface area contributed by atoms with Crippen LogP contribution in [0.15, 0.2) is 12.4 Å². The number of carboxylic acids is 1. The van der Waals surface area contributed by atoms with E-state index in [-0.39, 0.29) is 11.8 Å². The van der Waals surface area contributed by atoms with Gasteiger partial charge in [0.25, 0.3) is 0 Å². The normalized spacial score (nSPS) is 24.8. The van der Waals surface area contributed by atoms with Gasteiger partial charge in [-0.2, -0.15) is 5.10 Å². The first-order valence-corrected chi connectivity index (χ1v) is 5.97. The Balaban J connectivity index is 2.13. The molecule has 1 aliphatic rings. The van der Waals surface area contributed by atoms with Gasteiger partial charge in [-0.25, -0.2) is 0 Å². The highest BCUT2D eigenvalue weighted by Gasteiger charge is 2.34. The zero-order chi connectivity index (χ0) is 11.5. The summed E-state index contributed by atoms with van der Waals surface area (Å²) in [5.74, 6) is -0.701. The van der Waals surface area contributed by atoms with Crippen LogP contribution in [-0.2, 0) is 11.3 Å². The van der Waals surface area contributed by atoms with Crippen molar-refractivity contribution in [3.63, 3.8) is 0 Å². The highest BCUT2D eigenvalue weighted by molar-refractivity contribution is 5.71. The number of hydrogen-bond acceptors (Lipinski definition) is 2. The largest absolute Gasteiger partial charge is 0.481 e. The zero-order valence-corrected chi connectivity index (χ0v) is 9.59. The Labute approximate surface area is 95.3 Å². The first-order valence-electron chi connectivity index (χ1n) is 5.97. The quantitative estimate of drug-likeness (QED) is 0.850. The van der Waals surface area contributed by atoms with Crippen molar-refractivity contribution in [2.24, 2.45) is 5.92 Å². The van der Waals surface area contributed by atoms with Gasteiger partial charge in [-0.1, -0.05) is 13.3 Å². The lowest BCUT2D eigenvalue weighted by Crippen LogP contribution is -2.16. The van der Waals surface area contributed by atoms with Crippen molar-refractivity contribution in [2.45, 2.75) is 45.1 Å². The third-order valence-electron chi connectivity index (χ3n) is 3.37. The van der Waals surface area contributed by atoms with Gasteiger partial charge in [0.2, 0.25) is 0 Å². The van der Waals surface area contributed by atoms with Crippen LogP contribution in [0.2, 0.25) is 0 Å². The third-order valence-corrected chi connectivity index (χ3v) is 3.37. The molecule has 0 bridgehead atoms. The molecular weight excluding hydrogens is 204 g/mol. The van der Waals surface area contributed by atoms with Crippen LogP contribution < -0.4 is 0 Å². The van der Waals surface area contributed by atoms with Gasteiger partial charge in [-0.05, 0) is 24.8 Å². The summed E-state index contributed by atoms with van der Waals surface area (Å²) in [6, 6.07) is 0. The second-order valence-corrected chi connectivity index (χ2v) is 4.52. The summed E-state index contributed by atoms with van der Waals surface area (Å²) in [5, 5.41) is 13.4. The maximum absolute atomic E-state index is 11.1. The van der Waals surface area contributed by atoms with Crippen molar-refractivity contribution >= 4 is 5.97 Å². The lowest BCUT2D eigenvalue weighted by atomic mass is 9.91. The van der Waals surface area contributed by atoms with E-state index in [1.54, 1.807) is 0 Å². The number of aromatic nitrogens is 2. The van der Waals surface area contributed by atoms with E-state index in [9.17, 15) is 4.79 Å². The van der Waals surface area contributed by atoms with Crippen molar-refractivity contribution in [3.05, 3.63) is 18.0 Å². The van der Waals surface area contributed by atoms with E-state index >= 15 is 0 Å². The van der Waals surface area contributed by atoms with Crippen molar-refractivity contribution in [2.75, 3.05) is 0 Å². The molecule has 2 rings (SSSR count). The van der Waals surface area contributed by atoms with E-state index in [2.05, 4.69) is 12.0 Å². The number of carbonyl (C=O) groups is 1. The summed E-state index contributed by atoms with van der Waals surface area (Å²) in [5.41, 5.74) is 1.10. The van der Waals surface area contributed by atoms with Crippen LogP contribution in [0.5, 0.6) is 0 Å². The van der Waals surface area contributed by atoms with E-state index in [1.165, 1.54) is 0 Å². The van der Waals surface area contributed by atoms with Gasteiger partial charge in [0, 0.05) is 18.7 Å². The maximum Gasteiger partial charge on any atom is 0.307 e. The highest BCUT2D eigenvalue weighted by Crippen LogP contribution is 2.39. The summed E-state index contributed by atoms with van der Waals surface area (Å²) in [7, 11) is 0. The molecule has 1 saturated carbocycles. The van der Waals surface area contributed by atoms with Crippen LogP contribution in [-0.4, -0.2) is 20.9 Å².